The second-order valence-corrected chi connectivity index (χ2v) is 7.00. The molecule has 3 aromatic heterocycles. The Morgan fingerprint density at radius 3 is 2.58 bits per heavy atom. The van der Waals surface area contributed by atoms with Crippen LogP contribution in [0.4, 0.5) is 5.95 Å². The van der Waals surface area contributed by atoms with E-state index in [9.17, 15) is 0 Å². The van der Waals surface area contributed by atoms with Crippen molar-refractivity contribution in [3.63, 3.8) is 0 Å². The second kappa shape index (κ2) is 6.86. The third-order valence-electron chi connectivity index (χ3n) is 4.92. The zero-order chi connectivity index (χ0) is 18.1. The lowest BCUT2D eigenvalue weighted by molar-refractivity contribution is 0.494. The van der Waals surface area contributed by atoms with Crippen molar-refractivity contribution < 1.29 is 0 Å². The fraction of sp³-hybridized carbons (Fsp3) is 0.400. The lowest BCUT2D eigenvalue weighted by Gasteiger charge is -2.32. The Hall–Kier alpha value is -2.76. The quantitative estimate of drug-likeness (QED) is 0.726. The number of pyridine rings is 1. The van der Waals surface area contributed by atoms with Crippen molar-refractivity contribution >= 4 is 5.95 Å². The molecule has 26 heavy (non-hydrogen) atoms. The Labute approximate surface area is 154 Å². The van der Waals surface area contributed by atoms with Crippen LogP contribution in [0, 0.1) is 20.8 Å². The van der Waals surface area contributed by atoms with Crippen molar-refractivity contribution in [3.8, 4) is 5.82 Å². The number of aryl methyl sites for hydroxylation is 3. The SMILES string of the molecule is Cc1cc(C)nc(N2CCC[C@H](c3cccc(-n4ccnc4C)n3)C2)n1. The Morgan fingerprint density at radius 2 is 1.85 bits per heavy atom. The van der Waals surface area contributed by atoms with Crippen molar-refractivity contribution in [1.82, 2.24) is 24.5 Å². The van der Waals surface area contributed by atoms with Gasteiger partial charge in [-0.1, -0.05) is 6.07 Å². The van der Waals surface area contributed by atoms with Crippen molar-refractivity contribution in [3.05, 3.63) is 59.6 Å². The number of hydrogen-bond donors (Lipinski definition) is 0. The van der Waals surface area contributed by atoms with Crippen molar-refractivity contribution in [2.45, 2.75) is 39.5 Å². The van der Waals surface area contributed by atoms with E-state index in [-0.39, 0.29) is 0 Å². The van der Waals surface area contributed by atoms with Crippen LogP contribution in [0.25, 0.3) is 5.82 Å². The molecule has 0 N–H and O–H groups in total. The first-order valence-electron chi connectivity index (χ1n) is 9.14. The van der Waals surface area contributed by atoms with E-state index in [0.29, 0.717) is 5.92 Å². The molecule has 1 fully saturated rings. The van der Waals surface area contributed by atoms with E-state index in [2.05, 4.69) is 32.0 Å². The van der Waals surface area contributed by atoms with E-state index in [0.717, 1.165) is 60.6 Å². The summed E-state index contributed by atoms with van der Waals surface area (Å²) in [5.41, 5.74) is 3.17. The number of nitrogens with zero attached hydrogens (tertiary/aromatic N) is 6. The zero-order valence-corrected chi connectivity index (χ0v) is 15.6. The highest BCUT2D eigenvalue weighted by atomic mass is 15.3. The number of anilines is 1. The van der Waals surface area contributed by atoms with Crippen LogP contribution in [0.2, 0.25) is 0 Å². The molecule has 1 atom stereocenters. The molecular weight excluding hydrogens is 324 g/mol. The largest absolute Gasteiger partial charge is 0.340 e. The third-order valence-corrected chi connectivity index (χ3v) is 4.92. The third kappa shape index (κ3) is 3.31. The molecule has 0 saturated carbocycles. The van der Waals surface area contributed by atoms with Gasteiger partial charge in [-0.3, -0.25) is 4.57 Å². The molecule has 0 radical (unpaired) electrons. The molecular formula is C20H24N6. The molecule has 134 valence electrons. The predicted octanol–water partition coefficient (Wildman–Crippen LogP) is 3.37. The van der Waals surface area contributed by atoms with Crippen LogP contribution < -0.4 is 4.90 Å². The average Bonchev–Trinajstić information content (AvgIpc) is 3.07. The highest BCUT2D eigenvalue weighted by Gasteiger charge is 2.24. The van der Waals surface area contributed by atoms with Gasteiger partial charge >= 0.3 is 0 Å². The van der Waals surface area contributed by atoms with Gasteiger partial charge in [-0.05, 0) is 51.8 Å². The molecule has 1 saturated heterocycles. The van der Waals surface area contributed by atoms with Crippen LogP contribution in [0.15, 0.2) is 36.7 Å². The number of imidazole rings is 1. The molecule has 3 aromatic rings. The van der Waals surface area contributed by atoms with Gasteiger partial charge in [-0.25, -0.2) is 19.9 Å². The molecule has 0 unspecified atom stereocenters. The standard InChI is InChI=1S/C20H24N6/c1-14-12-15(2)23-20(22-14)25-10-5-6-17(13-25)18-7-4-8-19(24-18)26-11-9-21-16(26)3/h4,7-9,11-12,17H,5-6,10,13H2,1-3H3/t17-/m0/s1. The summed E-state index contributed by atoms with van der Waals surface area (Å²) in [6.07, 6.45) is 6.03. The monoisotopic (exact) mass is 348 g/mol. The molecule has 1 aliphatic heterocycles. The zero-order valence-electron chi connectivity index (χ0n) is 15.6. The van der Waals surface area contributed by atoms with Crippen LogP contribution >= 0.6 is 0 Å². The van der Waals surface area contributed by atoms with Gasteiger partial charge < -0.3 is 4.90 Å². The van der Waals surface area contributed by atoms with Gasteiger partial charge in [0.2, 0.25) is 5.95 Å². The lowest BCUT2D eigenvalue weighted by atomic mass is 9.94. The molecule has 0 aliphatic carbocycles. The molecule has 0 bridgehead atoms. The fourth-order valence-electron chi connectivity index (χ4n) is 3.67. The topological polar surface area (TPSA) is 59.7 Å². The summed E-state index contributed by atoms with van der Waals surface area (Å²) in [4.78, 5) is 20.8. The minimum atomic E-state index is 0.386. The minimum absolute atomic E-state index is 0.386. The first-order valence-corrected chi connectivity index (χ1v) is 9.14. The minimum Gasteiger partial charge on any atom is -0.340 e. The number of rotatable bonds is 3. The maximum atomic E-state index is 4.92. The summed E-state index contributed by atoms with van der Waals surface area (Å²) < 4.78 is 2.02. The van der Waals surface area contributed by atoms with E-state index in [1.807, 2.05) is 49.9 Å². The molecule has 4 rings (SSSR count). The lowest BCUT2D eigenvalue weighted by Crippen LogP contribution is -2.36. The number of hydrogen-bond acceptors (Lipinski definition) is 5. The molecule has 1 aliphatic rings. The summed E-state index contributed by atoms with van der Waals surface area (Å²) in [6, 6.07) is 8.27. The molecule has 4 heterocycles. The summed E-state index contributed by atoms with van der Waals surface area (Å²) in [5, 5.41) is 0. The Morgan fingerprint density at radius 1 is 1.04 bits per heavy atom. The molecule has 6 nitrogen and oxygen atoms in total. The van der Waals surface area contributed by atoms with Gasteiger partial charge in [0, 0.05) is 48.5 Å². The molecule has 6 heteroatoms. The van der Waals surface area contributed by atoms with Crippen LogP contribution in [-0.4, -0.2) is 37.6 Å². The van der Waals surface area contributed by atoms with Gasteiger partial charge in [0.25, 0.3) is 0 Å². The first kappa shape index (κ1) is 16.7. The maximum absolute atomic E-state index is 4.92. The number of piperidine rings is 1. The predicted molar refractivity (Wildman–Crippen MR) is 102 cm³/mol. The molecule has 0 amide bonds. The van der Waals surface area contributed by atoms with E-state index >= 15 is 0 Å². The molecule has 0 aromatic carbocycles. The van der Waals surface area contributed by atoms with Crippen molar-refractivity contribution in [2.24, 2.45) is 0 Å². The van der Waals surface area contributed by atoms with Gasteiger partial charge in [0.15, 0.2) is 0 Å². The average molecular weight is 348 g/mol. The smallest absolute Gasteiger partial charge is 0.225 e. The van der Waals surface area contributed by atoms with E-state index < -0.39 is 0 Å². The maximum Gasteiger partial charge on any atom is 0.225 e. The Bertz CT molecular complexity index is 896. The van der Waals surface area contributed by atoms with Crippen LogP contribution in [0.1, 0.15) is 41.7 Å². The second-order valence-electron chi connectivity index (χ2n) is 7.00. The molecule has 0 spiro atoms. The van der Waals surface area contributed by atoms with Crippen LogP contribution in [0.5, 0.6) is 0 Å². The van der Waals surface area contributed by atoms with Crippen molar-refractivity contribution in [1.29, 1.82) is 0 Å². The summed E-state index contributed by atoms with van der Waals surface area (Å²) >= 11 is 0. The van der Waals surface area contributed by atoms with Crippen LogP contribution in [-0.2, 0) is 0 Å². The van der Waals surface area contributed by atoms with Gasteiger partial charge in [0.05, 0.1) is 0 Å². The van der Waals surface area contributed by atoms with Crippen molar-refractivity contribution in [2.75, 3.05) is 18.0 Å². The van der Waals surface area contributed by atoms with E-state index in [1.165, 1.54) is 0 Å². The normalized spacial score (nSPS) is 17.5. The van der Waals surface area contributed by atoms with Gasteiger partial charge in [-0.2, -0.15) is 0 Å². The highest BCUT2D eigenvalue weighted by molar-refractivity contribution is 5.35. The van der Waals surface area contributed by atoms with E-state index in [4.69, 9.17) is 4.98 Å². The van der Waals surface area contributed by atoms with E-state index in [1.54, 1.807) is 0 Å². The highest BCUT2D eigenvalue weighted by Crippen LogP contribution is 2.28. The summed E-state index contributed by atoms with van der Waals surface area (Å²) in [7, 11) is 0. The summed E-state index contributed by atoms with van der Waals surface area (Å²) in [6.45, 7) is 7.95. The summed E-state index contributed by atoms with van der Waals surface area (Å²) in [5.74, 6) is 3.10. The van der Waals surface area contributed by atoms with Gasteiger partial charge in [0.1, 0.15) is 11.6 Å². The Kier molecular flexibility index (Phi) is 4.41. The number of aromatic nitrogens is 5. The van der Waals surface area contributed by atoms with Crippen LogP contribution in [0.3, 0.4) is 0 Å². The Balaban J connectivity index is 1.59. The van der Waals surface area contributed by atoms with Gasteiger partial charge in [-0.15, -0.1) is 0 Å². The first-order chi connectivity index (χ1) is 12.6. The fourth-order valence-corrected chi connectivity index (χ4v) is 3.67.